The lowest BCUT2D eigenvalue weighted by atomic mass is 10.5. The van der Waals surface area contributed by atoms with Crippen LogP contribution < -0.4 is 11.5 Å². The summed E-state index contributed by atoms with van der Waals surface area (Å²) >= 11 is 8.21. The molecule has 0 aliphatic heterocycles. The van der Waals surface area contributed by atoms with Gasteiger partial charge in [0.25, 0.3) is 10.3 Å². The van der Waals surface area contributed by atoms with Crippen LogP contribution in [0.15, 0.2) is 0 Å². The van der Waals surface area contributed by atoms with Gasteiger partial charge in [-0.15, -0.1) is 0 Å². The number of nitriles is 1. The van der Waals surface area contributed by atoms with Crippen molar-refractivity contribution >= 4 is 34.8 Å². The summed E-state index contributed by atoms with van der Waals surface area (Å²) < 4.78 is 4.55. The summed E-state index contributed by atoms with van der Waals surface area (Å²) in [5.41, 5.74) is 9.33. The normalized spacial score (nSPS) is 9.67. The van der Waals surface area contributed by atoms with Crippen LogP contribution >= 0.6 is 24.4 Å². The second-order valence-electron chi connectivity index (χ2n) is 1.55. The third-order valence-electron chi connectivity index (χ3n) is 0.475. The number of hydrogen-bond donors (Lipinski definition) is 3. The van der Waals surface area contributed by atoms with Gasteiger partial charge in [-0.2, -0.15) is 5.26 Å². The van der Waals surface area contributed by atoms with E-state index in [-0.39, 0.29) is 5.17 Å². The van der Waals surface area contributed by atoms with E-state index in [0.29, 0.717) is 0 Å². The highest BCUT2D eigenvalue weighted by atomic mass is 32.1. The maximum absolute atomic E-state index is 8.09. The largest absolute Gasteiger partial charge is 0.487 e. The molecule has 0 bridgehead atoms. The third kappa shape index (κ3) is 23.2. The molecule has 5 nitrogen and oxygen atoms in total. The number of hydrogen-bond acceptors (Lipinski definition) is 4. The Morgan fingerprint density at radius 2 is 1.92 bits per heavy atom. The van der Waals surface area contributed by atoms with Crippen molar-refractivity contribution in [3.05, 3.63) is 0 Å². The standard InChI is InChI=1S/C4H6N2OS.CH3NOS/c1-3(2-5)7-4(6)8;2-1(3)4/h3H,1H3,(H2,6,8);(H3,2,3,4). The van der Waals surface area contributed by atoms with Crippen LogP contribution in [0.3, 0.4) is 0 Å². The molecule has 0 fully saturated rings. The van der Waals surface area contributed by atoms with Gasteiger partial charge in [-0.3, -0.25) is 0 Å². The van der Waals surface area contributed by atoms with Gasteiger partial charge in [0.2, 0.25) is 0 Å². The maximum Gasteiger partial charge on any atom is 0.255 e. The summed E-state index contributed by atoms with van der Waals surface area (Å²) in [6.07, 6.45) is -0.535. The molecule has 0 aromatic carbocycles. The minimum absolute atomic E-state index is 0.0842. The maximum atomic E-state index is 8.09. The van der Waals surface area contributed by atoms with E-state index in [9.17, 15) is 0 Å². The molecule has 1 unspecified atom stereocenters. The molecule has 0 saturated carbocycles. The molecule has 1 atom stereocenters. The number of thiocarbonyl (C=S) groups is 2. The fourth-order valence-electron chi connectivity index (χ4n) is 0.201. The Morgan fingerprint density at radius 1 is 1.58 bits per heavy atom. The van der Waals surface area contributed by atoms with Gasteiger partial charge in [0.05, 0.1) is 0 Å². The lowest BCUT2D eigenvalue weighted by Gasteiger charge is -2.01. The van der Waals surface area contributed by atoms with Crippen molar-refractivity contribution in [2.75, 3.05) is 0 Å². The molecule has 0 heterocycles. The number of rotatable bonds is 1. The van der Waals surface area contributed by atoms with E-state index in [0.717, 1.165) is 0 Å². The van der Waals surface area contributed by atoms with Gasteiger partial charge >= 0.3 is 0 Å². The zero-order valence-electron chi connectivity index (χ0n) is 6.35. The summed E-state index contributed by atoms with van der Waals surface area (Å²) in [6, 6.07) is 1.81. The van der Waals surface area contributed by atoms with E-state index in [1.54, 1.807) is 13.0 Å². The monoisotopic (exact) mass is 207 g/mol. The first-order valence-corrected chi connectivity index (χ1v) is 3.56. The van der Waals surface area contributed by atoms with Crippen LogP contribution in [0.5, 0.6) is 0 Å². The molecule has 68 valence electrons. The Morgan fingerprint density at radius 3 is 2.00 bits per heavy atom. The SMILES string of the molecule is CC(C#N)OC(N)=S.NC(O)=S. The summed E-state index contributed by atoms with van der Waals surface area (Å²) in [7, 11) is 0. The van der Waals surface area contributed by atoms with Crippen LogP contribution in [0, 0.1) is 11.3 Å². The summed E-state index contributed by atoms with van der Waals surface area (Å²) in [4.78, 5) is 0. The van der Waals surface area contributed by atoms with E-state index in [1.807, 2.05) is 0 Å². The average molecular weight is 207 g/mol. The van der Waals surface area contributed by atoms with Crippen LogP contribution in [0.1, 0.15) is 6.92 Å². The molecule has 0 rings (SSSR count). The fraction of sp³-hybridized carbons (Fsp3) is 0.400. The van der Waals surface area contributed by atoms with E-state index in [2.05, 4.69) is 34.9 Å². The first kappa shape index (κ1) is 13.5. The first-order valence-electron chi connectivity index (χ1n) is 2.74. The Labute approximate surface area is 80.9 Å². The molecule has 0 amide bonds. The average Bonchev–Trinajstić information content (AvgIpc) is 1.84. The number of nitrogens with zero attached hydrogens (tertiary/aromatic N) is 1. The predicted octanol–water partition coefficient (Wildman–Crippen LogP) is -0.0533. The summed E-state index contributed by atoms with van der Waals surface area (Å²) in [5, 5.41) is 15.1. The molecule has 0 aromatic rings. The number of aliphatic hydroxyl groups excluding tert-OH is 1. The van der Waals surface area contributed by atoms with Gasteiger partial charge in [0.1, 0.15) is 6.07 Å². The molecule has 0 radical (unpaired) electrons. The van der Waals surface area contributed by atoms with Crippen LogP contribution in [-0.4, -0.2) is 21.6 Å². The van der Waals surface area contributed by atoms with E-state index in [4.69, 9.17) is 16.1 Å². The molecule has 0 aliphatic carbocycles. The minimum atomic E-state index is -0.535. The Bertz CT molecular complexity index is 197. The van der Waals surface area contributed by atoms with Gasteiger partial charge < -0.3 is 21.3 Å². The Kier molecular flexibility index (Phi) is 8.94. The van der Waals surface area contributed by atoms with Crippen molar-refractivity contribution in [3.8, 4) is 6.07 Å². The Balaban J connectivity index is 0. The third-order valence-corrected chi connectivity index (χ3v) is 0.571. The predicted molar refractivity (Wildman–Crippen MR) is 52.4 cm³/mol. The lowest BCUT2D eigenvalue weighted by molar-refractivity contribution is 0.266. The van der Waals surface area contributed by atoms with Gasteiger partial charge in [-0.1, -0.05) is 0 Å². The molecule has 7 heteroatoms. The molecular weight excluding hydrogens is 198 g/mol. The quantitative estimate of drug-likeness (QED) is 0.517. The molecule has 0 saturated heterocycles. The smallest absolute Gasteiger partial charge is 0.255 e. The van der Waals surface area contributed by atoms with Gasteiger partial charge in [-0.25, -0.2) is 0 Å². The molecule has 0 aromatic heterocycles. The van der Waals surface area contributed by atoms with Crippen molar-refractivity contribution in [1.29, 1.82) is 5.26 Å². The molecule has 0 spiro atoms. The fourth-order valence-corrected chi connectivity index (χ4v) is 0.345. The van der Waals surface area contributed by atoms with Gasteiger partial charge in [0, 0.05) is 0 Å². The van der Waals surface area contributed by atoms with E-state index in [1.165, 1.54) is 0 Å². The minimum Gasteiger partial charge on any atom is -0.487 e. The van der Waals surface area contributed by atoms with E-state index >= 15 is 0 Å². The van der Waals surface area contributed by atoms with Gasteiger partial charge in [0.15, 0.2) is 6.10 Å². The first-order chi connectivity index (χ1) is 5.40. The van der Waals surface area contributed by atoms with Crippen molar-refractivity contribution in [1.82, 2.24) is 0 Å². The van der Waals surface area contributed by atoms with Crippen LogP contribution in [-0.2, 0) is 4.74 Å². The second-order valence-corrected chi connectivity index (χ2v) is 2.37. The highest BCUT2D eigenvalue weighted by Crippen LogP contribution is 1.85. The van der Waals surface area contributed by atoms with Crippen molar-refractivity contribution < 1.29 is 9.84 Å². The number of aliphatic hydroxyl groups is 1. The second kappa shape index (κ2) is 7.97. The topological polar surface area (TPSA) is 105 Å². The highest BCUT2D eigenvalue weighted by Gasteiger charge is 1.97. The molecular formula is C5H9N3O2S2. The van der Waals surface area contributed by atoms with Crippen LogP contribution in [0.2, 0.25) is 0 Å². The summed E-state index contributed by atoms with van der Waals surface area (Å²) in [5.74, 6) is 0. The zero-order chi connectivity index (χ0) is 10.1. The Hall–Kier alpha value is -1.13. The summed E-state index contributed by atoms with van der Waals surface area (Å²) in [6.45, 7) is 1.57. The lowest BCUT2D eigenvalue weighted by Crippen LogP contribution is -2.18. The molecule has 5 N–H and O–H groups in total. The molecule has 12 heavy (non-hydrogen) atoms. The number of ether oxygens (including phenoxy) is 1. The zero-order valence-corrected chi connectivity index (χ0v) is 7.98. The van der Waals surface area contributed by atoms with Crippen LogP contribution in [0.25, 0.3) is 0 Å². The van der Waals surface area contributed by atoms with E-state index < -0.39 is 11.3 Å². The molecule has 0 aliphatic rings. The number of nitrogens with two attached hydrogens (primary N) is 2. The van der Waals surface area contributed by atoms with Crippen molar-refractivity contribution in [2.24, 2.45) is 11.5 Å². The van der Waals surface area contributed by atoms with Crippen LogP contribution in [0.4, 0.5) is 0 Å². The van der Waals surface area contributed by atoms with Crippen molar-refractivity contribution in [2.45, 2.75) is 13.0 Å². The van der Waals surface area contributed by atoms with Crippen molar-refractivity contribution in [3.63, 3.8) is 0 Å². The van der Waals surface area contributed by atoms with Gasteiger partial charge in [-0.05, 0) is 31.4 Å². The highest BCUT2D eigenvalue weighted by molar-refractivity contribution is 7.80.